The van der Waals surface area contributed by atoms with E-state index in [4.69, 9.17) is 10.5 Å². The number of nitrogens with two attached hydrogens (primary N) is 1. The van der Waals surface area contributed by atoms with E-state index in [1.54, 1.807) is 20.8 Å². The van der Waals surface area contributed by atoms with Gasteiger partial charge in [0.15, 0.2) is 0 Å². The number of alkyl carbamates (subject to hydrolysis) is 1. The van der Waals surface area contributed by atoms with Crippen LogP contribution in [-0.4, -0.2) is 55.0 Å². The third-order valence-electron chi connectivity index (χ3n) is 5.57. The van der Waals surface area contributed by atoms with Gasteiger partial charge >= 0.3 is 6.09 Å². The van der Waals surface area contributed by atoms with E-state index in [1.807, 2.05) is 31.0 Å². The Morgan fingerprint density at radius 2 is 1.94 bits per heavy atom. The number of hydrogen-bond acceptors (Lipinski definition) is 6. The smallest absolute Gasteiger partial charge is 0.408 e. The molecule has 3 amide bonds. The Morgan fingerprint density at radius 3 is 2.53 bits per heavy atom. The van der Waals surface area contributed by atoms with Gasteiger partial charge in [0.2, 0.25) is 11.8 Å². The fourth-order valence-corrected chi connectivity index (χ4v) is 4.55. The van der Waals surface area contributed by atoms with E-state index in [0.717, 1.165) is 21.3 Å². The van der Waals surface area contributed by atoms with Gasteiger partial charge in [0.05, 0.1) is 6.04 Å². The highest BCUT2D eigenvalue weighted by molar-refractivity contribution is 9.10. The van der Waals surface area contributed by atoms with Gasteiger partial charge in [-0.3, -0.25) is 9.59 Å². The van der Waals surface area contributed by atoms with Crippen molar-refractivity contribution in [1.82, 2.24) is 10.6 Å². The monoisotopic (exact) mass is 538 g/mol. The number of likely N-dealkylation sites (N-methyl/N-ethyl adjacent to an activating group) is 1. The van der Waals surface area contributed by atoms with E-state index in [9.17, 15) is 19.2 Å². The van der Waals surface area contributed by atoms with Crippen LogP contribution in [0.1, 0.15) is 58.1 Å². The molecule has 3 atom stereocenters. The molecular formula is C24H35BrN4O5. The normalized spacial score (nSPS) is 16.9. The summed E-state index contributed by atoms with van der Waals surface area (Å²) in [6.45, 7) is 7.12. The van der Waals surface area contributed by atoms with Crippen LogP contribution in [0.25, 0.3) is 0 Å². The second-order valence-electron chi connectivity index (χ2n) is 9.75. The second kappa shape index (κ2) is 11.7. The topological polar surface area (TPSA) is 131 Å². The number of nitrogens with zero attached hydrogens (tertiary/aromatic N) is 1. The van der Waals surface area contributed by atoms with Crippen molar-refractivity contribution in [2.75, 3.05) is 11.9 Å². The van der Waals surface area contributed by atoms with Crippen LogP contribution in [0, 0.1) is 0 Å². The Kier molecular flexibility index (Phi) is 9.49. The van der Waals surface area contributed by atoms with Crippen molar-refractivity contribution < 1.29 is 23.9 Å². The first kappa shape index (κ1) is 27.6. The molecule has 0 saturated heterocycles. The molecule has 0 aliphatic carbocycles. The quantitative estimate of drug-likeness (QED) is 0.392. The molecule has 9 nitrogen and oxygen atoms in total. The average Bonchev–Trinajstić information content (AvgIpc) is 3.04. The predicted molar refractivity (Wildman–Crippen MR) is 134 cm³/mol. The van der Waals surface area contributed by atoms with E-state index in [1.165, 1.54) is 0 Å². The third kappa shape index (κ3) is 8.00. The van der Waals surface area contributed by atoms with E-state index in [0.29, 0.717) is 32.0 Å². The molecule has 4 N–H and O–H groups in total. The molecule has 0 saturated carbocycles. The molecule has 1 aliphatic rings. The fourth-order valence-electron chi connectivity index (χ4n) is 4.00. The van der Waals surface area contributed by atoms with E-state index < -0.39 is 23.6 Å². The van der Waals surface area contributed by atoms with Gasteiger partial charge in [-0.15, -0.1) is 0 Å². The van der Waals surface area contributed by atoms with Gasteiger partial charge in [-0.1, -0.05) is 15.9 Å². The molecule has 0 fully saturated rings. The molecule has 0 bridgehead atoms. The number of fused-ring (bicyclic) bond motifs is 1. The standard InChI is InChI=1S/C24H35BrN4O5/c1-14(6-9-20(26)31)27-22(32)19-12-16-11-17(25)10-15(21(16)29(19)5)7-8-18(13-30)28-23(33)34-24(2,3)4/h10-11,13-14,18-19H,6-9,12H2,1-5H3,(H2,26,31)(H,27,32)(H,28,33). The fraction of sp³-hybridized carbons (Fsp3) is 0.583. The van der Waals surface area contributed by atoms with Crippen molar-refractivity contribution in [3.63, 3.8) is 0 Å². The largest absolute Gasteiger partial charge is 0.444 e. The minimum Gasteiger partial charge on any atom is -0.444 e. The molecule has 1 aliphatic heterocycles. The number of benzene rings is 1. The van der Waals surface area contributed by atoms with Crippen molar-refractivity contribution in [2.24, 2.45) is 5.73 Å². The lowest BCUT2D eigenvalue weighted by molar-refractivity contribution is -0.123. The lowest BCUT2D eigenvalue weighted by atomic mass is 10.0. The zero-order chi connectivity index (χ0) is 25.6. The summed E-state index contributed by atoms with van der Waals surface area (Å²) in [4.78, 5) is 49.5. The Balaban J connectivity index is 2.08. The number of amides is 3. The number of ether oxygens (including phenoxy) is 1. The van der Waals surface area contributed by atoms with Gasteiger partial charge in [-0.2, -0.15) is 0 Å². The van der Waals surface area contributed by atoms with Crippen LogP contribution in [0.3, 0.4) is 0 Å². The Morgan fingerprint density at radius 1 is 1.26 bits per heavy atom. The number of aldehydes is 1. The van der Waals surface area contributed by atoms with Crippen molar-refractivity contribution in [2.45, 2.75) is 83.5 Å². The molecule has 0 aromatic heterocycles. The number of anilines is 1. The number of carbonyl (C=O) groups is 4. The lowest BCUT2D eigenvalue weighted by Gasteiger charge is -2.26. The van der Waals surface area contributed by atoms with Gasteiger partial charge in [0.25, 0.3) is 0 Å². The van der Waals surface area contributed by atoms with Gasteiger partial charge in [0, 0.05) is 36.1 Å². The Bertz CT molecular complexity index is 931. The molecule has 1 aromatic carbocycles. The number of nitrogens with one attached hydrogen (secondary N) is 2. The van der Waals surface area contributed by atoms with Crippen LogP contribution in [0.5, 0.6) is 0 Å². The van der Waals surface area contributed by atoms with Crippen molar-refractivity contribution >= 4 is 45.8 Å². The Labute approximate surface area is 209 Å². The van der Waals surface area contributed by atoms with Crippen molar-refractivity contribution in [1.29, 1.82) is 0 Å². The van der Waals surface area contributed by atoms with E-state index in [2.05, 4.69) is 26.6 Å². The van der Waals surface area contributed by atoms with E-state index in [-0.39, 0.29) is 24.4 Å². The number of hydrogen-bond donors (Lipinski definition) is 3. The van der Waals surface area contributed by atoms with Crippen molar-refractivity contribution in [3.8, 4) is 0 Å². The zero-order valence-electron chi connectivity index (χ0n) is 20.4. The molecule has 3 unspecified atom stereocenters. The first-order chi connectivity index (χ1) is 15.8. The van der Waals surface area contributed by atoms with Crippen LogP contribution in [0.2, 0.25) is 0 Å². The summed E-state index contributed by atoms with van der Waals surface area (Å²) in [5.74, 6) is -0.508. The molecule has 2 rings (SSSR count). The van der Waals surface area contributed by atoms with Gasteiger partial charge in [0.1, 0.15) is 17.9 Å². The van der Waals surface area contributed by atoms with Gasteiger partial charge in [-0.05, 0) is 70.2 Å². The maximum Gasteiger partial charge on any atom is 0.408 e. The Hall–Kier alpha value is -2.62. The minimum absolute atomic E-state index is 0.116. The highest BCUT2D eigenvalue weighted by Crippen LogP contribution is 2.37. The molecule has 1 heterocycles. The van der Waals surface area contributed by atoms with Crippen LogP contribution >= 0.6 is 15.9 Å². The van der Waals surface area contributed by atoms with Crippen LogP contribution < -0.4 is 21.3 Å². The van der Waals surface area contributed by atoms with Crippen LogP contribution in [-0.2, 0) is 32.0 Å². The molecule has 188 valence electrons. The zero-order valence-corrected chi connectivity index (χ0v) is 22.0. The highest BCUT2D eigenvalue weighted by Gasteiger charge is 2.34. The summed E-state index contributed by atoms with van der Waals surface area (Å²) in [5, 5.41) is 5.57. The number of aryl methyl sites for hydroxylation is 1. The van der Waals surface area contributed by atoms with Gasteiger partial charge < -0.3 is 30.8 Å². The molecule has 10 heteroatoms. The summed E-state index contributed by atoms with van der Waals surface area (Å²) in [7, 11) is 1.87. The number of rotatable bonds is 10. The lowest BCUT2D eigenvalue weighted by Crippen LogP contribution is -2.47. The molecule has 0 radical (unpaired) electrons. The number of halogens is 1. The second-order valence-corrected chi connectivity index (χ2v) is 10.7. The number of primary amides is 1. The summed E-state index contributed by atoms with van der Waals surface area (Å²) in [6, 6.07) is 2.72. The first-order valence-corrected chi connectivity index (χ1v) is 12.2. The summed E-state index contributed by atoms with van der Waals surface area (Å²) in [5.41, 5.74) is 7.50. The SMILES string of the molecule is CC(CCC(N)=O)NC(=O)C1Cc2cc(Br)cc(CCC(C=O)NC(=O)OC(C)(C)C)c2N1C. The summed E-state index contributed by atoms with van der Waals surface area (Å²) in [6.07, 6.45) is 2.22. The van der Waals surface area contributed by atoms with Crippen LogP contribution in [0.4, 0.5) is 10.5 Å². The van der Waals surface area contributed by atoms with Gasteiger partial charge in [-0.25, -0.2) is 4.79 Å². The molecule has 34 heavy (non-hydrogen) atoms. The first-order valence-electron chi connectivity index (χ1n) is 11.4. The van der Waals surface area contributed by atoms with Crippen LogP contribution in [0.15, 0.2) is 16.6 Å². The minimum atomic E-state index is -0.693. The average molecular weight is 539 g/mol. The molecule has 1 aromatic rings. The maximum absolute atomic E-state index is 12.9. The van der Waals surface area contributed by atoms with E-state index >= 15 is 0 Å². The predicted octanol–water partition coefficient (Wildman–Crippen LogP) is 2.61. The highest BCUT2D eigenvalue weighted by atomic mass is 79.9. The molecule has 0 spiro atoms. The maximum atomic E-state index is 12.9. The summed E-state index contributed by atoms with van der Waals surface area (Å²) >= 11 is 3.54. The summed E-state index contributed by atoms with van der Waals surface area (Å²) < 4.78 is 6.12. The molecular weight excluding hydrogens is 504 g/mol. The number of carbonyl (C=O) groups excluding carboxylic acids is 4. The van der Waals surface area contributed by atoms with Crippen molar-refractivity contribution in [3.05, 3.63) is 27.7 Å². The third-order valence-corrected chi connectivity index (χ3v) is 6.03.